The SMILES string of the molecule is C/C=C/C(=O)Nc1ccc(C(C)(C)C)cc1. The predicted molar refractivity (Wildman–Crippen MR) is 68.6 cm³/mol. The summed E-state index contributed by atoms with van der Waals surface area (Å²) in [4.78, 5) is 11.3. The number of hydrogen-bond acceptors (Lipinski definition) is 1. The maximum atomic E-state index is 11.3. The highest BCUT2D eigenvalue weighted by atomic mass is 16.1. The van der Waals surface area contributed by atoms with Gasteiger partial charge in [0.1, 0.15) is 0 Å². The zero-order chi connectivity index (χ0) is 12.2. The first kappa shape index (κ1) is 12.5. The minimum atomic E-state index is -0.0917. The molecule has 1 aromatic rings. The molecule has 0 heterocycles. The van der Waals surface area contributed by atoms with Crippen molar-refractivity contribution < 1.29 is 4.79 Å². The van der Waals surface area contributed by atoms with Crippen LogP contribution >= 0.6 is 0 Å². The van der Waals surface area contributed by atoms with E-state index in [4.69, 9.17) is 0 Å². The lowest BCUT2D eigenvalue weighted by atomic mass is 9.87. The van der Waals surface area contributed by atoms with Gasteiger partial charge in [0.15, 0.2) is 0 Å². The van der Waals surface area contributed by atoms with Crippen molar-refractivity contribution in [3.05, 3.63) is 42.0 Å². The normalized spacial score (nSPS) is 11.8. The molecule has 2 heteroatoms. The summed E-state index contributed by atoms with van der Waals surface area (Å²) in [5.74, 6) is -0.0917. The van der Waals surface area contributed by atoms with E-state index in [0.29, 0.717) is 0 Å². The van der Waals surface area contributed by atoms with Crippen LogP contribution in [0.25, 0.3) is 0 Å². The van der Waals surface area contributed by atoms with Gasteiger partial charge in [-0.1, -0.05) is 39.0 Å². The number of allylic oxidation sites excluding steroid dienone is 1. The van der Waals surface area contributed by atoms with Crippen LogP contribution in [0.2, 0.25) is 0 Å². The summed E-state index contributed by atoms with van der Waals surface area (Å²) in [6.45, 7) is 8.32. The van der Waals surface area contributed by atoms with Crippen molar-refractivity contribution in [3.8, 4) is 0 Å². The summed E-state index contributed by atoms with van der Waals surface area (Å²) in [6, 6.07) is 7.96. The van der Waals surface area contributed by atoms with Gasteiger partial charge in [-0.3, -0.25) is 4.79 Å². The lowest BCUT2D eigenvalue weighted by Gasteiger charge is -2.19. The summed E-state index contributed by atoms with van der Waals surface area (Å²) < 4.78 is 0. The van der Waals surface area contributed by atoms with Crippen LogP contribution < -0.4 is 5.32 Å². The average Bonchev–Trinajstić information content (AvgIpc) is 2.17. The molecule has 0 radical (unpaired) electrons. The Morgan fingerprint density at radius 2 is 1.75 bits per heavy atom. The molecule has 0 aliphatic heterocycles. The van der Waals surface area contributed by atoms with Gasteiger partial charge in [-0.25, -0.2) is 0 Å². The molecule has 0 aliphatic carbocycles. The molecule has 0 atom stereocenters. The number of hydrogen-bond donors (Lipinski definition) is 1. The van der Waals surface area contributed by atoms with Crippen molar-refractivity contribution in [3.63, 3.8) is 0 Å². The van der Waals surface area contributed by atoms with E-state index in [1.165, 1.54) is 11.6 Å². The first-order chi connectivity index (χ1) is 7.43. The first-order valence-corrected chi connectivity index (χ1v) is 5.47. The van der Waals surface area contributed by atoms with Gasteiger partial charge in [0.05, 0.1) is 0 Å². The molecule has 0 saturated carbocycles. The van der Waals surface area contributed by atoms with Crippen molar-refractivity contribution in [2.45, 2.75) is 33.1 Å². The Morgan fingerprint density at radius 1 is 1.19 bits per heavy atom. The van der Waals surface area contributed by atoms with E-state index in [1.807, 2.05) is 31.2 Å². The number of nitrogens with one attached hydrogen (secondary N) is 1. The van der Waals surface area contributed by atoms with Gasteiger partial charge in [-0.05, 0) is 36.1 Å². The fourth-order valence-corrected chi connectivity index (χ4v) is 1.39. The quantitative estimate of drug-likeness (QED) is 0.755. The number of carbonyl (C=O) groups is 1. The summed E-state index contributed by atoms with van der Waals surface area (Å²) in [5.41, 5.74) is 2.24. The van der Waals surface area contributed by atoms with E-state index in [1.54, 1.807) is 6.08 Å². The fourth-order valence-electron chi connectivity index (χ4n) is 1.39. The Kier molecular flexibility index (Phi) is 3.88. The van der Waals surface area contributed by atoms with Gasteiger partial charge in [0.25, 0.3) is 0 Å². The largest absolute Gasteiger partial charge is 0.323 e. The molecule has 1 N–H and O–H groups in total. The molecule has 0 unspecified atom stereocenters. The lowest BCUT2D eigenvalue weighted by molar-refractivity contribution is -0.111. The molecule has 86 valence electrons. The highest BCUT2D eigenvalue weighted by molar-refractivity contribution is 5.99. The van der Waals surface area contributed by atoms with Crippen LogP contribution in [-0.4, -0.2) is 5.91 Å². The highest BCUT2D eigenvalue weighted by Crippen LogP contribution is 2.23. The molecule has 1 rings (SSSR count). The molecule has 0 bridgehead atoms. The van der Waals surface area contributed by atoms with Crippen LogP contribution in [0, 0.1) is 0 Å². The fraction of sp³-hybridized carbons (Fsp3) is 0.357. The number of amides is 1. The Hall–Kier alpha value is -1.57. The minimum absolute atomic E-state index is 0.0917. The average molecular weight is 217 g/mol. The van der Waals surface area contributed by atoms with Crippen LogP contribution in [0.5, 0.6) is 0 Å². The summed E-state index contributed by atoms with van der Waals surface area (Å²) in [6.07, 6.45) is 3.23. The van der Waals surface area contributed by atoms with E-state index in [0.717, 1.165) is 5.69 Å². The van der Waals surface area contributed by atoms with Gasteiger partial charge in [0.2, 0.25) is 5.91 Å². The molecule has 0 aromatic heterocycles. The molecule has 0 saturated heterocycles. The van der Waals surface area contributed by atoms with Gasteiger partial charge in [-0.2, -0.15) is 0 Å². The Labute approximate surface area is 97.4 Å². The van der Waals surface area contributed by atoms with E-state index >= 15 is 0 Å². The van der Waals surface area contributed by atoms with Crippen molar-refractivity contribution in [1.29, 1.82) is 0 Å². The third-order valence-electron chi connectivity index (χ3n) is 2.34. The third-order valence-corrected chi connectivity index (χ3v) is 2.34. The molecular formula is C14H19NO. The summed E-state index contributed by atoms with van der Waals surface area (Å²) >= 11 is 0. The van der Waals surface area contributed by atoms with Crippen molar-refractivity contribution >= 4 is 11.6 Å². The highest BCUT2D eigenvalue weighted by Gasteiger charge is 2.12. The van der Waals surface area contributed by atoms with Gasteiger partial charge < -0.3 is 5.32 Å². The molecular weight excluding hydrogens is 198 g/mol. The van der Waals surface area contributed by atoms with Gasteiger partial charge in [0, 0.05) is 5.69 Å². The molecule has 0 fully saturated rings. The molecule has 16 heavy (non-hydrogen) atoms. The second-order valence-electron chi connectivity index (χ2n) is 4.82. The van der Waals surface area contributed by atoms with E-state index in [-0.39, 0.29) is 11.3 Å². The number of benzene rings is 1. The molecule has 0 spiro atoms. The molecule has 2 nitrogen and oxygen atoms in total. The topological polar surface area (TPSA) is 29.1 Å². The van der Waals surface area contributed by atoms with Crippen molar-refractivity contribution in [1.82, 2.24) is 0 Å². The van der Waals surface area contributed by atoms with Crippen LogP contribution in [0.1, 0.15) is 33.3 Å². The monoisotopic (exact) mass is 217 g/mol. The molecule has 1 aromatic carbocycles. The van der Waals surface area contributed by atoms with Crippen LogP contribution in [0.15, 0.2) is 36.4 Å². The first-order valence-electron chi connectivity index (χ1n) is 5.47. The predicted octanol–water partition coefficient (Wildman–Crippen LogP) is 3.50. The summed E-state index contributed by atoms with van der Waals surface area (Å²) in [5, 5.41) is 2.80. The second-order valence-corrected chi connectivity index (χ2v) is 4.82. The van der Waals surface area contributed by atoms with Crippen LogP contribution in [0.3, 0.4) is 0 Å². The van der Waals surface area contributed by atoms with Crippen LogP contribution in [-0.2, 0) is 10.2 Å². The van der Waals surface area contributed by atoms with Gasteiger partial charge in [-0.15, -0.1) is 0 Å². The Bertz CT molecular complexity index is 382. The second kappa shape index (κ2) is 4.97. The van der Waals surface area contributed by atoms with Gasteiger partial charge >= 0.3 is 0 Å². The van der Waals surface area contributed by atoms with E-state index in [9.17, 15) is 4.79 Å². The standard InChI is InChI=1S/C14H19NO/c1-5-6-13(16)15-12-9-7-11(8-10-12)14(2,3)4/h5-10H,1-4H3,(H,15,16)/b6-5+. The maximum absolute atomic E-state index is 11.3. The van der Waals surface area contributed by atoms with E-state index < -0.39 is 0 Å². The Balaban J connectivity index is 2.76. The van der Waals surface area contributed by atoms with Crippen molar-refractivity contribution in [2.24, 2.45) is 0 Å². The van der Waals surface area contributed by atoms with Crippen molar-refractivity contribution in [2.75, 3.05) is 5.32 Å². The van der Waals surface area contributed by atoms with Crippen LogP contribution in [0.4, 0.5) is 5.69 Å². The smallest absolute Gasteiger partial charge is 0.248 e. The maximum Gasteiger partial charge on any atom is 0.248 e. The molecule has 1 amide bonds. The minimum Gasteiger partial charge on any atom is -0.323 e. The lowest BCUT2D eigenvalue weighted by Crippen LogP contribution is -2.12. The zero-order valence-corrected chi connectivity index (χ0v) is 10.4. The van der Waals surface area contributed by atoms with E-state index in [2.05, 4.69) is 26.1 Å². The zero-order valence-electron chi connectivity index (χ0n) is 10.4. The Morgan fingerprint density at radius 3 is 2.19 bits per heavy atom. The number of anilines is 1. The number of carbonyl (C=O) groups excluding carboxylic acids is 1. The summed E-state index contributed by atoms with van der Waals surface area (Å²) in [7, 11) is 0. The number of rotatable bonds is 2. The molecule has 0 aliphatic rings. The third kappa shape index (κ3) is 3.54.